The van der Waals surface area contributed by atoms with Crippen molar-refractivity contribution < 1.29 is 0 Å². The predicted octanol–water partition coefficient (Wildman–Crippen LogP) is 8.23. The molecule has 4 aromatic rings. The van der Waals surface area contributed by atoms with E-state index in [0.717, 1.165) is 6.42 Å². The van der Waals surface area contributed by atoms with Crippen LogP contribution in [0, 0.1) is 6.92 Å². The summed E-state index contributed by atoms with van der Waals surface area (Å²) < 4.78 is 0. The van der Waals surface area contributed by atoms with Gasteiger partial charge < -0.3 is 0 Å². The second-order valence-corrected chi connectivity index (χ2v) is 10.0. The van der Waals surface area contributed by atoms with E-state index in [2.05, 4.69) is 81.4 Å². The van der Waals surface area contributed by atoms with Crippen LogP contribution >= 0.6 is 34.0 Å². The Balaban J connectivity index is 1.56. The molecule has 0 fully saturated rings. The highest BCUT2D eigenvalue weighted by molar-refractivity contribution is 7.22. The number of aryl methyl sites for hydroxylation is 2. The minimum atomic E-state index is 0.448. The van der Waals surface area contributed by atoms with Gasteiger partial charge in [-0.25, -0.2) is 0 Å². The third-order valence-electron chi connectivity index (χ3n) is 4.70. The van der Waals surface area contributed by atoms with Crippen LogP contribution < -0.4 is 0 Å². The zero-order valence-electron chi connectivity index (χ0n) is 15.3. The van der Waals surface area contributed by atoms with Crippen molar-refractivity contribution in [3.63, 3.8) is 0 Å². The monoisotopic (exact) mass is 394 g/mol. The molecule has 26 heavy (non-hydrogen) atoms. The molecule has 0 amide bonds. The van der Waals surface area contributed by atoms with Crippen molar-refractivity contribution in [2.24, 2.45) is 0 Å². The average Bonchev–Trinajstić information content (AvgIpc) is 3.40. The van der Waals surface area contributed by atoms with E-state index in [1.807, 2.05) is 34.0 Å². The summed E-state index contributed by atoms with van der Waals surface area (Å²) in [5.41, 5.74) is 2.63. The lowest BCUT2D eigenvalue weighted by Gasteiger charge is -2.06. The van der Waals surface area contributed by atoms with Crippen molar-refractivity contribution in [2.75, 3.05) is 0 Å². The van der Waals surface area contributed by atoms with Crippen LogP contribution in [0.15, 0.2) is 60.7 Å². The summed E-state index contributed by atoms with van der Waals surface area (Å²) in [5, 5.41) is 0. The minimum absolute atomic E-state index is 0.448. The summed E-state index contributed by atoms with van der Waals surface area (Å²) in [7, 11) is 0. The zero-order valence-corrected chi connectivity index (χ0v) is 17.7. The Hall–Kier alpha value is -1.68. The van der Waals surface area contributed by atoms with E-state index < -0.39 is 0 Å². The molecule has 0 N–H and O–H groups in total. The van der Waals surface area contributed by atoms with Gasteiger partial charge in [0.25, 0.3) is 0 Å². The van der Waals surface area contributed by atoms with Gasteiger partial charge in [-0.2, -0.15) is 0 Å². The van der Waals surface area contributed by atoms with Crippen molar-refractivity contribution >= 4 is 34.0 Å². The van der Waals surface area contributed by atoms with Crippen molar-refractivity contribution in [2.45, 2.75) is 33.1 Å². The maximum absolute atomic E-state index is 2.33. The van der Waals surface area contributed by atoms with Gasteiger partial charge in [-0.05, 0) is 55.3 Å². The van der Waals surface area contributed by atoms with Crippen molar-refractivity contribution in [3.8, 4) is 20.2 Å². The summed E-state index contributed by atoms with van der Waals surface area (Å²) in [6.45, 7) is 6.68. The lowest BCUT2D eigenvalue weighted by Crippen LogP contribution is -1.87. The Labute approximate surface area is 167 Å². The van der Waals surface area contributed by atoms with E-state index >= 15 is 0 Å². The van der Waals surface area contributed by atoms with Crippen LogP contribution in [0.25, 0.3) is 20.2 Å². The fourth-order valence-corrected chi connectivity index (χ4v) is 6.29. The van der Waals surface area contributed by atoms with Crippen molar-refractivity contribution in [1.29, 1.82) is 0 Å². The molecule has 4 rings (SSSR count). The molecular formula is C23H22S3. The van der Waals surface area contributed by atoms with Crippen LogP contribution in [-0.4, -0.2) is 0 Å². The summed E-state index contributed by atoms with van der Waals surface area (Å²) in [6, 6.07) is 22.5. The molecule has 0 spiro atoms. The molecule has 0 nitrogen and oxygen atoms in total. The molecule has 0 aliphatic carbocycles. The minimum Gasteiger partial charge on any atom is -0.140 e. The number of hydrogen-bond donors (Lipinski definition) is 0. The topological polar surface area (TPSA) is 0 Å². The molecule has 0 saturated heterocycles. The predicted molar refractivity (Wildman–Crippen MR) is 119 cm³/mol. The highest BCUT2D eigenvalue weighted by Gasteiger charge is 2.15. The first kappa shape index (κ1) is 17.7. The van der Waals surface area contributed by atoms with Gasteiger partial charge in [0.1, 0.15) is 0 Å². The molecule has 1 atom stereocenters. The summed E-state index contributed by atoms with van der Waals surface area (Å²) in [6.07, 6.45) is 1.12. The molecule has 3 heteroatoms. The Morgan fingerprint density at radius 2 is 1.27 bits per heavy atom. The van der Waals surface area contributed by atoms with Crippen LogP contribution in [0.2, 0.25) is 0 Å². The molecule has 1 aromatic carbocycles. The standard InChI is InChI=1S/C23H22S3/c1-4-18-9-10-22(24-18)23-14-12-20(26-23)16(3)19-11-13-21(25-19)17-7-5-15(2)6-8-17/h5-14,16H,4H2,1-3H3. The Bertz CT molecular complexity index is 998. The smallest absolute Gasteiger partial charge is 0.0445 e. The molecule has 132 valence electrons. The van der Waals surface area contributed by atoms with Crippen LogP contribution in [-0.2, 0) is 6.42 Å². The molecule has 0 saturated carbocycles. The molecule has 0 bridgehead atoms. The Morgan fingerprint density at radius 3 is 1.92 bits per heavy atom. The highest BCUT2D eigenvalue weighted by atomic mass is 32.1. The maximum atomic E-state index is 2.33. The van der Waals surface area contributed by atoms with Gasteiger partial charge in [-0.3, -0.25) is 0 Å². The van der Waals surface area contributed by atoms with Crippen molar-refractivity contribution in [1.82, 2.24) is 0 Å². The average molecular weight is 395 g/mol. The van der Waals surface area contributed by atoms with Gasteiger partial charge in [-0.15, -0.1) is 34.0 Å². The summed E-state index contributed by atoms with van der Waals surface area (Å²) >= 11 is 5.78. The number of benzene rings is 1. The third-order valence-corrected chi connectivity index (χ3v) is 8.71. The van der Waals surface area contributed by atoms with Crippen molar-refractivity contribution in [3.05, 3.63) is 80.9 Å². The molecule has 0 radical (unpaired) electrons. The first-order valence-electron chi connectivity index (χ1n) is 8.99. The van der Waals surface area contributed by atoms with Gasteiger partial charge in [0.2, 0.25) is 0 Å². The van der Waals surface area contributed by atoms with Crippen LogP contribution in [0.1, 0.15) is 40.0 Å². The largest absolute Gasteiger partial charge is 0.140 e. The van der Waals surface area contributed by atoms with Gasteiger partial charge in [0.05, 0.1) is 0 Å². The molecule has 3 heterocycles. The van der Waals surface area contributed by atoms with Crippen LogP contribution in [0.3, 0.4) is 0 Å². The highest BCUT2D eigenvalue weighted by Crippen LogP contribution is 2.41. The fraction of sp³-hybridized carbons (Fsp3) is 0.217. The van der Waals surface area contributed by atoms with E-state index in [1.165, 1.54) is 40.4 Å². The molecule has 3 aromatic heterocycles. The molecular weight excluding hydrogens is 372 g/mol. The number of hydrogen-bond acceptors (Lipinski definition) is 3. The second kappa shape index (κ2) is 7.51. The Kier molecular flexibility index (Phi) is 5.12. The first-order chi connectivity index (χ1) is 12.6. The summed E-state index contributed by atoms with van der Waals surface area (Å²) in [4.78, 5) is 8.50. The van der Waals surface area contributed by atoms with Crippen LogP contribution in [0.4, 0.5) is 0 Å². The summed E-state index contributed by atoms with van der Waals surface area (Å²) in [5.74, 6) is 0.448. The molecule has 0 aliphatic rings. The van der Waals surface area contributed by atoms with E-state index in [9.17, 15) is 0 Å². The lowest BCUT2D eigenvalue weighted by atomic mass is 10.1. The second-order valence-electron chi connectivity index (χ2n) is 6.61. The number of rotatable bonds is 5. The molecule has 0 aliphatic heterocycles. The van der Waals surface area contributed by atoms with Gasteiger partial charge in [0, 0.05) is 35.2 Å². The SMILES string of the molecule is CCc1ccc(-c2ccc(C(C)c3ccc(-c4ccc(C)cc4)s3)s2)s1. The van der Waals surface area contributed by atoms with E-state index in [4.69, 9.17) is 0 Å². The van der Waals surface area contributed by atoms with E-state index in [0.29, 0.717) is 5.92 Å². The lowest BCUT2D eigenvalue weighted by molar-refractivity contribution is 0.976. The quantitative estimate of drug-likeness (QED) is 0.320. The zero-order chi connectivity index (χ0) is 18.1. The fourth-order valence-electron chi connectivity index (χ4n) is 3.02. The molecule has 1 unspecified atom stereocenters. The Morgan fingerprint density at radius 1 is 0.692 bits per heavy atom. The van der Waals surface area contributed by atoms with E-state index in [-0.39, 0.29) is 0 Å². The third kappa shape index (κ3) is 3.57. The first-order valence-corrected chi connectivity index (χ1v) is 11.4. The van der Waals surface area contributed by atoms with E-state index in [1.54, 1.807) is 0 Å². The van der Waals surface area contributed by atoms with Gasteiger partial charge in [-0.1, -0.05) is 43.7 Å². The van der Waals surface area contributed by atoms with Gasteiger partial charge in [0.15, 0.2) is 0 Å². The maximum Gasteiger partial charge on any atom is 0.0445 e. The number of thiophene rings is 3. The van der Waals surface area contributed by atoms with Gasteiger partial charge >= 0.3 is 0 Å². The normalized spacial score (nSPS) is 12.4. The van der Waals surface area contributed by atoms with Crippen LogP contribution in [0.5, 0.6) is 0 Å².